The second-order valence-corrected chi connectivity index (χ2v) is 7.93. The molecule has 9 heteroatoms. The maximum Gasteiger partial charge on any atom is 0.321 e. The average Bonchev–Trinajstić information content (AvgIpc) is 3.17. The molecule has 8 nitrogen and oxygen atoms in total. The molecule has 2 aromatic rings. The van der Waals surface area contributed by atoms with Crippen molar-refractivity contribution in [1.82, 2.24) is 15.2 Å². The van der Waals surface area contributed by atoms with Crippen LogP contribution in [0.1, 0.15) is 24.8 Å². The maximum atomic E-state index is 12.7. The lowest BCUT2D eigenvalue weighted by Gasteiger charge is -2.38. The molecule has 3 heterocycles. The van der Waals surface area contributed by atoms with Crippen LogP contribution < -0.4 is 10.6 Å². The number of carbonyl (C=O) groups excluding carboxylic acids is 2. The van der Waals surface area contributed by atoms with Gasteiger partial charge in [0.1, 0.15) is 5.71 Å². The zero-order chi connectivity index (χ0) is 21.0. The Kier molecular flexibility index (Phi) is 5.85. The lowest BCUT2D eigenvalue weighted by atomic mass is 9.88. The number of hydrogen-bond acceptors (Lipinski definition) is 5. The number of benzene rings is 1. The van der Waals surface area contributed by atoms with E-state index < -0.39 is 5.60 Å². The first-order valence-electron chi connectivity index (χ1n) is 9.77. The molecule has 1 aromatic heterocycles. The summed E-state index contributed by atoms with van der Waals surface area (Å²) in [5, 5.41) is 10.4. The molecule has 1 unspecified atom stereocenters. The molecule has 1 saturated heterocycles. The van der Waals surface area contributed by atoms with Crippen LogP contribution in [0.15, 0.2) is 53.9 Å². The average molecular weight is 428 g/mol. The van der Waals surface area contributed by atoms with Gasteiger partial charge in [0.05, 0.1) is 6.54 Å². The van der Waals surface area contributed by atoms with E-state index in [1.165, 1.54) is 0 Å². The monoisotopic (exact) mass is 427 g/mol. The number of nitrogens with one attached hydrogen (secondary N) is 2. The van der Waals surface area contributed by atoms with Crippen molar-refractivity contribution in [1.29, 1.82) is 0 Å². The number of aromatic nitrogens is 1. The quantitative estimate of drug-likeness (QED) is 0.783. The highest BCUT2D eigenvalue weighted by Crippen LogP contribution is 2.33. The molecule has 2 aliphatic heterocycles. The number of nitrogens with zero attached hydrogens (tertiary/aromatic N) is 3. The first-order valence-corrected chi connectivity index (χ1v) is 10.1. The molecule has 1 spiro atoms. The van der Waals surface area contributed by atoms with Gasteiger partial charge in [-0.25, -0.2) is 4.79 Å². The van der Waals surface area contributed by atoms with Crippen LogP contribution in [0.25, 0.3) is 0 Å². The molecule has 3 amide bonds. The van der Waals surface area contributed by atoms with Crippen LogP contribution in [0.3, 0.4) is 0 Å². The van der Waals surface area contributed by atoms with Crippen molar-refractivity contribution in [2.75, 3.05) is 18.4 Å². The Morgan fingerprint density at radius 2 is 1.93 bits per heavy atom. The third-order valence-electron chi connectivity index (χ3n) is 5.23. The van der Waals surface area contributed by atoms with Crippen molar-refractivity contribution in [2.45, 2.75) is 31.4 Å². The fraction of sp³-hybridized carbons (Fsp3) is 0.333. The van der Waals surface area contributed by atoms with E-state index in [1.54, 1.807) is 41.6 Å². The van der Waals surface area contributed by atoms with Crippen LogP contribution in [0.5, 0.6) is 0 Å². The fourth-order valence-electron chi connectivity index (χ4n) is 3.65. The van der Waals surface area contributed by atoms with Gasteiger partial charge in [-0.2, -0.15) is 0 Å². The molecule has 156 valence electrons. The predicted molar refractivity (Wildman–Crippen MR) is 113 cm³/mol. The SMILES string of the molecule is O=C(NCc1ccncc1)C1=NOC2(CCCN(C(=O)Nc3ccc(Cl)cc3)C2)C1. The van der Waals surface area contributed by atoms with Gasteiger partial charge in [-0.05, 0) is 54.8 Å². The number of amides is 3. The van der Waals surface area contributed by atoms with E-state index in [-0.39, 0.29) is 11.9 Å². The molecule has 0 bridgehead atoms. The Morgan fingerprint density at radius 3 is 2.70 bits per heavy atom. The van der Waals surface area contributed by atoms with E-state index in [4.69, 9.17) is 16.4 Å². The van der Waals surface area contributed by atoms with Gasteiger partial charge in [-0.15, -0.1) is 0 Å². The lowest BCUT2D eigenvalue weighted by Crippen LogP contribution is -2.52. The van der Waals surface area contributed by atoms with Gasteiger partial charge >= 0.3 is 6.03 Å². The molecule has 1 atom stereocenters. The summed E-state index contributed by atoms with van der Waals surface area (Å²) in [7, 11) is 0. The third-order valence-corrected chi connectivity index (χ3v) is 5.48. The number of rotatable bonds is 4. The van der Waals surface area contributed by atoms with Crippen LogP contribution >= 0.6 is 11.6 Å². The summed E-state index contributed by atoms with van der Waals surface area (Å²) in [6, 6.07) is 10.4. The van der Waals surface area contributed by atoms with E-state index >= 15 is 0 Å². The largest absolute Gasteiger partial charge is 0.386 e. The number of hydrogen-bond donors (Lipinski definition) is 2. The number of likely N-dealkylation sites (tertiary alicyclic amines) is 1. The van der Waals surface area contributed by atoms with Gasteiger partial charge in [0.25, 0.3) is 5.91 Å². The van der Waals surface area contributed by atoms with E-state index in [1.807, 2.05) is 12.1 Å². The molecule has 30 heavy (non-hydrogen) atoms. The number of anilines is 1. The van der Waals surface area contributed by atoms with Crippen LogP contribution in [0.2, 0.25) is 5.02 Å². The Hall–Kier alpha value is -3.13. The van der Waals surface area contributed by atoms with Crippen LogP contribution in [-0.2, 0) is 16.2 Å². The number of oxime groups is 1. The predicted octanol–water partition coefficient (Wildman–Crippen LogP) is 3.19. The number of pyridine rings is 1. The van der Waals surface area contributed by atoms with E-state index in [0.717, 1.165) is 18.4 Å². The smallest absolute Gasteiger partial charge is 0.321 e. The molecule has 1 fully saturated rings. The van der Waals surface area contributed by atoms with Crippen molar-refractivity contribution in [3.63, 3.8) is 0 Å². The summed E-state index contributed by atoms with van der Waals surface area (Å²) in [5.41, 5.74) is 1.32. The Bertz CT molecular complexity index is 951. The van der Waals surface area contributed by atoms with Crippen molar-refractivity contribution >= 4 is 34.9 Å². The molecular formula is C21H22ClN5O3. The second-order valence-electron chi connectivity index (χ2n) is 7.49. The van der Waals surface area contributed by atoms with Gasteiger partial charge < -0.3 is 20.4 Å². The van der Waals surface area contributed by atoms with Crippen molar-refractivity contribution in [3.05, 3.63) is 59.4 Å². The van der Waals surface area contributed by atoms with Gasteiger partial charge in [0, 0.05) is 42.6 Å². The summed E-state index contributed by atoms with van der Waals surface area (Å²) in [6.07, 6.45) is 5.24. The summed E-state index contributed by atoms with van der Waals surface area (Å²) < 4.78 is 0. The highest BCUT2D eigenvalue weighted by atomic mass is 35.5. The fourth-order valence-corrected chi connectivity index (χ4v) is 3.78. The second kappa shape index (κ2) is 8.71. The molecule has 0 radical (unpaired) electrons. The zero-order valence-electron chi connectivity index (χ0n) is 16.3. The van der Waals surface area contributed by atoms with Gasteiger partial charge in [-0.3, -0.25) is 9.78 Å². The molecule has 0 aliphatic carbocycles. The number of urea groups is 1. The summed E-state index contributed by atoms with van der Waals surface area (Å²) in [6.45, 7) is 1.38. The van der Waals surface area contributed by atoms with Gasteiger partial charge in [-0.1, -0.05) is 16.8 Å². The first-order chi connectivity index (χ1) is 14.5. The standard InChI is InChI=1S/C21H22ClN5O3/c22-16-2-4-17(5-3-16)25-20(29)27-11-1-8-21(14-27)12-18(26-30-21)19(28)24-13-15-6-9-23-10-7-15/h2-7,9-10H,1,8,11-14H2,(H,24,28)(H,25,29). The van der Waals surface area contributed by atoms with Crippen LogP contribution in [-0.4, -0.2) is 46.2 Å². The molecule has 4 rings (SSSR count). The summed E-state index contributed by atoms with van der Waals surface area (Å²) in [5.74, 6) is -0.258. The van der Waals surface area contributed by atoms with E-state index in [2.05, 4.69) is 20.8 Å². The van der Waals surface area contributed by atoms with E-state index in [0.29, 0.717) is 42.5 Å². The van der Waals surface area contributed by atoms with Crippen molar-refractivity contribution < 1.29 is 14.4 Å². The van der Waals surface area contributed by atoms with Crippen LogP contribution in [0, 0.1) is 0 Å². The normalized spacial score (nSPS) is 20.4. The minimum absolute atomic E-state index is 0.212. The lowest BCUT2D eigenvalue weighted by molar-refractivity contribution is -0.115. The van der Waals surface area contributed by atoms with E-state index in [9.17, 15) is 9.59 Å². The minimum Gasteiger partial charge on any atom is -0.386 e. The van der Waals surface area contributed by atoms with Crippen molar-refractivity contribution in [2.24, 2.45) is 5.16 Å². The van der Waals surface area contributed by atoms with Crippen molar-refractivity contribution in [3.8, 4) is 0 Å². The zero-order valence-corrected chi connectivity index (χ0v) is 17.1. The first kappa shape index (κ1) is 20.2. The number of halogens is 1. The summed E-state index contributed by atoms with van der Waals surface area (Å²) in [4.78, 5) is 36.5. The Balaban J connectivity index is 1.32. The Labute approximate surface area is 179 Å². The number of piperidine rings is 1. The van der Waals surface area contributed by atoms with Gasteiger partial charge in [0.15, 0.2) is 5.60 Å². The molecule has 2 aliphatic rings. The molecule has 0 saturated carbocycles. The van der Waals surface area contributed by atoms with Crippen LogP contribution in [0.4, 0.5) is 10.5 Å². The maximum absolute atomic E-state index is 12.7. The Morgan fingerprint density at radius 1 is 1.17 bits per heavy atom. The molecule has 2 N–H and O–H groups in total. The minimum atomic E-state index is -0.654. The molecular weight excluding hydrogens is 406 g/mol. The number of carbonyl (C=O) groups is 2. The topological polar surface area (TPSA) is 95.9 Å². The third kappa shape index (κ3) is 4.71. The highest BCUT2D eigenvalue weighted by Gasteiger charge is 2.45. The molecule has 1 aromatic carbocycles. The summed E-state index contributed by atoms with van der Waals surface area (Å²) >= 11 is 5.89. The van der Waals surface area contributed by atoms with Gasteiger partial charge in [0.2, 0.25) is 0 Å². The highest BCUT2D eigenvalue weighted by molar-refractivity contribution is 6.39.